The molecule has 0 spiro atoms. The van der Waals surface area contributed by atoms with E-state index in [0.717, 1.165) is 0 Å². The van der Waals surface area contributed by atoms with Crippen LogP contribution >= 0.6 is 11.6 Å². The first kappa shape index (κ1) is 20.6. The molecule has 0 aliphatic carbocycles. The molecule has 1 heterocycles. The van der Waals surface area contributed by atoms with Gasteiger partial charge in [-0.3, -0.25) is 19.5 Å². The lowest BCUT2D eigenvalue weighted by molar-refractivity contribution is -0.120. The summed E-state index contributed by atoms with van der Waals surface area (Å²) in [4.78, 5) is 40.6. The molecule has 1 aromatic carbocycles. The van der Waals surface area contributed by atoms with Crippen molar-refractivity contribution >= 4 is 29.2 Å². The van der Waals surface area contributed by atoms with Crippen LogP contribution in [0.4, 0.5) is 10.5 Å². The summed E-state index contributed by atoms with van der Waals surface area (Å²) in [6.45, 7) is 5.55. The number of anilines is 1. The Balaban J connectivity index is 2.42. The minimum atomic E-state index is -0.664. The van der Waals surface area contributed by atoms with Crippen molar-refractivity contribution in [1.82, 2.24) is 9.55 Å². The standard InChI is InChI=1S/C19H22ClN3O4/c1-11(2)7-14(24)10-23-12(3)21-17(9-18(23)25)15-6-5-13(20)8-16(15)22-19(26)27-4/h5-6,8-9,11H,7,10H2,1-4H3,(H,22,26). The highest BCUT2D eigenvalue weighted by atomic mass is 35.5. The third kappa shape index (κ3) is 5.40. The molecular weight excluding hydrogens is 370 g/mol. The molecule has 0 saturated carbocycles. The fraction of sp³-hybridized carbons (Fsp3) is 0.368. The van der Waals surface area contributed by atoms with E-state index >= 15 is 0 Å². The van der Waals surface area contributed by atoms with E-state index in [-0.39, 0.29) is 23.8 Å². The first-order valence-electron chi connectivity index (χ1n) is 8.46. The topological polar surface area (TPSA) is 90.3 Å². The Morgan fingerprint density at radius 1 is 1.30 bits per heavy atom. The van der Waals surface area contributed by atoms with E-state index in [1.165, 1.54) is 17.7 Å². The third-order valence-corrected chi connectivity index (χ3v) is 4.08. The van der Waals surface area contributed by atoms with E-state index in [1.807, 2.05) is 13.8 Å². The summed E-state index contributed by atoms with van der Waals surface area (Å²) in [5.74, 6) is 0.611. The van der Waals surface area contributed by atoms with Crippen molar-refractivity contribution in [3.63, 3.8) is 0 Å². The molecule has 0 fully saturated rings. The van der Waals surface area contributed by atoms with Crippen molar-refractivity contribution in [2.24, 2.45) is 5.92 Å². The van der Waals surface area contributed by atoms with E-state index in [1.54, 1.807) is 25.1 Å². The van der Waals surface area contributed by atoms with Crippen molar-refractivity contribution in [3.8, 4) is 11.3 Å². The SMILES string of the molecule is COC(=O)Nc1cc(Cl)ccc1-c1cc(=O)n(CC(=O)CC(C)C)c(C)n1. The number of ketones is 1. The monoisotopic (exact) mass is 391 g/mol. The first-order valence-corrected chi connectivity index (χ1v) is 8.84. The van der Waals surface area contributed by atoms with Crippen LogP contribution in [0.3, 0.4) is 0 Å². The van der Waals surface area contributed by atoms with Crippen LogP contribution in [0.1, 0.15) is 26.1 Å². The second-order valence-electron chi connectivity index (χ2n) is 6.56. The minimum absolute atomic E-state index is 0.00991. The van der Waals surface area contributed by atoms with E-state index < -0.39 is 6.09 Å². The Labute approximate surface area is 162 Å². The number of aryl methyl sites for hydroxylation is 1. The second kappa shape index (κ2) is 8.81. The number of nitrogens with one attached hydrogen (secondary N) is 1. The molecule has 0 bridgehead atoms. The fourth-order valence-corrected chi connectivity index (χ4v) is 2.82. The van der Waals surface area contributed by atoms with Gasteiger partial charge in [-0.2, -0.15) is 0 Å². The Kier molecular flexibility index (Phi) is 6.74. The van der Waals surface area contributed by atoms with Crippen LogP contribution < -0.4 is 10.9 Å². The molecule has 0 unspecified atom stereocenters. The predicted octanol–water partition coefficient (Wildman–Crippen LogP) is 3.67. The summed E-state index contributed by atoms with van der Waals surface area (Å²) in [6.07, 6.45) is -0.263. The van der Waals surface area contributed by atoms with Crippen molar-refractivity contribution in [1.29, 1.82) is 0 Å². The maximum absolute atomic E-state index is 12.5. The summed E-state index contributed by atoms with van der Waals surface area (Å²) in [5, 5.41) is 2.97. The largest absolute Gasteiger partial charge is 0.453 e. The maximum Gasteiger partial charge on any atom is 0.411 e. The van der Waals surface area contributed by atoms with Crippen LogP contribution in [0, 0.1) is 12.8 Å². The van der Waals surface area contributed by atoms with Gasteiger partial charge < -0.3 is 4.74 Å². The Hall–Kier alpha value is -2.67. The van der Waals surface area contributed by atoms with Gasteiger partial charge in [0.2, 0.25) is 0 Å². The third-order valence-electron chi connectivity index (χ3n) is 3.85. The van der Waals surface area contributed by atoms with Gasteiger partial charge in [0.15, 0.2) is 5.78 Å². The molecule has 0 saturated heterocycles. The molecule has 8 heteroatoms. The highest BCUT2D eigenvalue weighted by Gasteiger charge is 2.15. The molecule has 2 rings (SSSR count). The van der Waals surface area contributed by atoms with Gasteiger partial charge in [-0.15, -0.1) is 0 Å². The van der Waals surface area contributed by atoms with Crippen molar-refractivity contribution < 1.29 is 14.3 Å². The molecule has 0 aliphatic heterocycles. The molecular formula is C19H22ClN3O4. The van der Waals surface area contributed by atoms with Gasteiger partial charge in [0.1, 0.15) is 5.82 Å². The number of nitrogens with zero attached hydrogens (tertiary/aromatic N) is 2. The zero-order chi connectivity index (χ0) is 20.1. The average molecular weight is 392 g/mol. The molecule has 7 nitrogen and oxygen atoms in total. The summed E-state index contributed by atoms with van der Waals surface area (Å²) in [6, 6.07) is 6.17. The minimum Gasteiger partial charge on any atom is -0.453 e. The van der Waals surface area contributed by atoms with Crippen LogP contribution in [0.2, 0.25) is 5.02 Å². The molecule has 27 heavy (non-hydrogen) atoms. The number of hydrogen-bond acceptors (Lipinski definition) is 5. The van der Waals surface area contributed by atoms with Crippen LogP contribution in [-0.2, 0) is 16.1 Å². The zero-order valence-corrected chi connectivity index (χ0v) is 16.5. The van der Waals surface area contributed by atoms with Gasteiger partial charge in [-0.05, 0) is 31.0 Å². The number of rotatable bonds is 6. The number of halogens is 1. The summed E-state index contributed by atoms with van der Waals surface area (Å²) < 4.78 is 5.95. The smallest absolute Gasteiger partial charge is 0.411 e. The van der Waals surface area contributed by atoms with E-state index in [9.17, 15) is 14.4 Å². The van der Waals surface area contributed by atoms with Crippen LogP contribution in [0.15, 0.2) is 29.1 Å². The molecule has 1 N–H and O–H groups in total. The van der Waals surface area contributed by atoms with E-state index in [2.05, 4.69) is 15.0 Å². The number of Topliss-reactive ketones (excluding diaryl/α,β-unsaturated/α-hetero) is 1. The van der Waals surface area contributed by atoms with Crippen LogP contribution in [-0.4, -0.2) is 28.5 Å². The second-order valence-corrected chi connectivity index (χ2v) is 6.99. The number of ether oxygens (including phenoxy) is 1. The van der Waals surface area contributed by atoms with E-state index in [0.29, 0.717) is 34.2 Å². The summed E-state index contributed by atoms with van der Waals surface area (Å²) in [5.41, 5.74) is 0.918. The molecule has 0 radical (unpaired) electrons. The van der Waals surface area contributed by atoms with Crippen molar-refractivity contribution in [3.05, 3.63) is 45.5 Å². The lowest BCUT2D eigenvalue weighted by atomic mass is 10.1. The van der Waals surface area contributed by atoms with Crippen molar-refractivity contribution in [2.75, 3.05) is 12.4 Å². The lowest BCUT2D eigenvalue weighted by Gasteiger charge is -2.14. The van der Waals surface area contributed by atoms with E-state index in [4.69, 9.17) is 11.6 Å². The van der Waals surface area contributed by atoms with Gasteiger partial charge in [0.25, 0.3) is 5.56 Å². The number of carbonyl (C=O) groups excluding carboxylic acids is 2. The first-order chi connectivity index (χ1) is 12.7. The average Bonchev–Trinajstić information content (AvgIpc) is 2.57. The molecule has 1 aromatic heterocycles. The van der Waals surface area contributed by atoms with Gasteiger partial charge >= 0.3 is 6.09 Å². The van der Waals surface area contributed by atoms with Gasteiger partial charge in [-0.1, -0.05) is 25.4 Å². The van der Waals surface area contributed by atoms with Gasteiger partial charge in [0, 0.05) is 23.1 Å². The lowest BCUT2D eigenvalue weighted by Crippen LogP contribution is -2.27. The highest BCUT2D eigenvalue weighted by molar-refractivity contribution is 6.31. The number of hydrogen-bond donors (Lipinski definition) is 1. The Bertz CT molecular complexity index is 922. The fourth-order valence-electron chi connectivity index (χ4n) is 2.65. The number of aromatic nitrogens is 2. The molecule has 0 atom stereocenters. The molecule has 0 aliphatic rings. The normalized spacial score (nSPS) is 10.7. The van der Waals surface area contributed by atoms with Gasteiger partial charge in [-0.25, -0.2) is 9.78 Å². The molecule has 2 aromatic rings. The number of carbonyl (C=O) groups is 2. The van der Waals surface area contributed by atoms with Crippen LogP contribution in [0.25, 0.3) is 11.3 Å². The number of methoxy groups -OCH3 is 1. The predicted molar refractivity (Wildman–Crippen MR) is 104 cm³/mol. The molecule has 144 valence electrons. The van der Waals surface area contributed by atoms with Crippen LogP contribution in [0.5, 0.6) is 0 Å². The maximum atomic E-state index is 12.5. The highest BCUT2D eigenvalue weighted by Crippen LogP contribution is 2.29. The van der Waals surface area contributed by atoms with Gasteiger partial charge in [0.05, 0.1) is 25.0 Å². The zero-order valence-electron chi connectivity index (χ0n) is 15.7. The molecule has 1 amide bonds. The van der Waals surface area contributed by atoms with Crippen molar-refractivity contribution in [2.45, 2.75) is 33.7 Å². The summed E-state index contributed by atoms with van der Waals surface area (Å²) in [7, 11) is 1.25. The Morgan fingerprint density at radius 3 is 2.59 bits per heavy atom. The number of amides is 1. The number of benzene rings is 1. The quantitative estimate of drug-likeness (QED) is 0.811. The summed E-state index contributed by atoms with van der Waals surface area (Å²) >= 11 is 6.00. The Morgan fingerprint density at radius 2 is 2.00 bits per heavy atom.